The molecule has 0 spiro atoms. The van der Waals surface area contributed by atoms with Gasteiger partial charge in [0.2, 0.25) is 0 Å². The first-order chi connectivity index (χ1) is 8.66. The third kappa shape index (κ3) is 2.98. The van der Waals surface area contributed by atoms with Crippen LogP contribution in [0.4, 0.5) is 0 Å². The van der Waals surface area contributed by atoms with Crippen molar-refractivity contribution in [2.45, 2.75) is 50.7 Å². The first-order valence-corrected chi connectivity index (χ1v) is 7.10. The Labute approximate surface area is 110 Å². The minimum Gasteiger partial charge on any atom is -0.398 e. The fourth-order valence-corrected chi connectivity index (χ4v) is 2.64. The molecule has 0 radical (unpaired) electrons. The van der Waals surface area contributed by atoms with Crippen LogP contribution >= 0.6 is 0 Å². The third-order valence-electron chi connectivity index (χ3n) is 3.94. The van der Waals surface area contributed by atoms with Crippen LogP contribution in [0.25, 0.3) is 0 Å². The van der Waals surface area contributed by atoms with Gasteiger partial charge in [0.15, 0.2) is 0 Å². The Morgan fingerprint density at radius 1 is 1.50 bits per heavy atom. The van der Waals surface area contributed by atoms with Crippen molar-refractivity contribution >= 4 is 0 Å². The van der Waals surface area contributed by atoms with E-state index in [0.717, 1.165) is 38.3 Å². The molecule has 0 aromatic heterocycles. The molecule has 0 saturated carbocycles. The molecule has 0 aromatic carbocycles. The molecule has 1 atom stereocenters. The second-order valence-corrected chi connectivity index (χ2v) is 5.54. The predicted octanol–water partition coefficient (Wildman–Crippen LogP) is 1.86. The molecule has 4 nitrogen and oxygen atoms in total. The summed E-state index contributed by atoms with van der Waals surface area (Å²) >= 11 is 0. The Bertz CT molecular complexity index is 302. The van der Waals surface area contributed by atoms with E-state index in [-0.39, 0.29) is 11.7 Å². The fraction of sp³-hybridized carbons (Fsp3) is 0.857. The van der Waals surface area contributed by atoms with Gasteiger partial charge in [0.25, 0.3) is 0 Å². The van der Waals surface area contributed by atoms with E-state index < -0.39 is 0 Å². The summed E-state index contributed by atoms with van der Waals surface area (Å²) in [5, 5.41) is 0. The molecular weight excluding hydrogens is 228 g/mol. The molecule has 2 heterocycles. The summed E-state index contributed by atoms with van der Waals surface area (Å²) in [6.45, 7) is 4.68. The van der Waals surface area contributed by atoms with Gasteiger partial charge in [-0.2, -0.15) is 0 Å². The highest BCUT2D eigenvalue weighted by molar-refractivity contribution is 5.17. The van der Waals surface area contributed by atoms with Gasteiger partial charge in [-0.1, -0.05) is 26.2 Å². The highest BCUT2D eigenvalue weighted by Crippen LogP contribution is 2.34. The van der Waals surface area contributed by atoms with Gasteiger partial charge in [-0.25, -0.2) is 0 Å². The lowest BCUT2D eigenvalue weighted by atomic mass is 9.86. The number of nitrogens with two attached hydrogens (primary N) is 1. The van der Waals surface area contributed by atoms with E-state index >= 15 is 0 Å². The van der Waals surface area contributed by atoms with Gasteiger partial charge < -0.3 is 20.1 Å². The van der Waals surface area contributed by atoms with Crippen LogP contribution in [0, 0.1) is 0 Å². The molecule has 2 aliphatic rings. The highest BCUT2D eigenvalue weighted by Gasteiger charge is 2.40. The zero-order valence-electron chi connectivity index (χ0n) is 11.7. The van der Waals surface area contributed by atoms with Crippen LogP contribution < -0.4 is 5.73 Å². The topological polar surface area (TPSA) is 47.7 Å². The Kier molecular flexibility index (Phi) is 4.51. The van der Waals surface area contributed by atoms with E-state index in [4.69, 9.17) is 15.2 Å². The van der Waals surface area contributed by atoms with Gasteiger partial charge in [-0.05, 0) is 12.8 Å². The van der Waals surface area contributed by atoms with E-state index in [2.05, 4.69) is 18.9 Å². The molecule has 0 aliphatic carbocycles. The van der Waals surface area contributed by atoms with Gasteiger partial charge in [0.05, 0.1) is 18.9 Å². The maximum Gasteiger partial charge on any atom is 0.111 e. The van der Waals surface area contributed by atoms with E-state index in [1.165, 1.54) is 19.3 Å². The third-order valence-corrected chi connectivity index (χ3v) is 3.94. The maximum atomic E-state index is 6.28. The number of hydrogen-bond donors (Lipinski definition) is 1. The number of ether oxygens (including phenoxy) is 2. The summed E-state index contributed by atoms with van der Waals surface area (Å²) in [5.74, 6) is 0. The maximum absolute atomic E-state index is 6.28. The Balaban J connectivity index is 2.03. The van der Waals surface area contributed by atoms with E-state index in [1.807, 2.05) is 6.20 Å². The molecule has 1 unspecified atom stereocenters. The molecule has 0 aromatic rings. The lowest BCUT2D eigenvalue weighted by molar-refractivity contribution is -0.188. The molecule has 1 saturated heterocycles. The minimum atomic E-state index is -0.240. The van der Waals surface area contributed by atoms with Crippen LogP contribution in [0.2, 0.25) is 0 Å². The molecule has 2 aliphatic heterocycles. The average molecular weight is 254 g/mol. The zero-order chi connectivity index (χ0) is 13.0. The van der Waals surface area contributed by atoms with Crippen molar-refractivity contribution in [3.63, 3.8) is 0 Å². The van der Waals surface area contributed by atoms with Gasteiger partial charge in [0, 0.05) is 19.8 Å². The van der Waals surface area contributed by atoms with Crippen molar-refractivity contribution in [3.8, 4) is 0 Å². The Morgan fingerprint density at radius 3 is 2.83 bits per heavy atom. The molecule has 0 amide bonds. The SMILES string of the molecule is CCCCCC1(OC2COC2)CCN(C)C=C1N. The van der Waals surface area contributed by atoms with Gasteiger partial charge in [-0.15, -0.1) is 0 Å². The van der Waals surface area contributed by atoms with Crippen LogP contribution in [-0.4, -0.2) is 43.4 Å². The van der Waals surface area contributed by atoms with Crippen LogP contribution in [-0.2, 0) is 9.47 Å². The number of unbranched alkanes of at least 4 members (excludes halogenated alkanes) is 2. The van der Waals surface area contributed by atoms with E-state index in [0.29, 0.717) is 0 Å². The van der Waals surface area contributed by atoms with E-state index in [9.17, 15) is 0 Å². The lowest BCUT2D eigenvalue weighted by Gasteiger charge is -2.44. The zero-order valence-corrected chi connectivity index (χ0v) is 11.7. The first-order valence-electron chi connectivity index (χ1n) is 7.10. The summed E-state index contributed by atoms with van der Waals surface area (Å²) in [6, 6.07) is 0. The molecular formula is C14H26N2O2. The Morgan fingerprint density at radius 2 is 2.28 bits per heavy atom. The number of nitrogens with zero attached hydrogens (tertiary/aromatic N) is 1. The quantitative estimate of drug-likeness (QED) is 0.735. The van der Waals surface area contributed by atoms with Crippen LogP contribution in [0.5, 0.6) is 0 Å². The predicted molar refractivity (Wildman–Crippen MR) is 72.1 cm³/mol. The summed E-state index contributed by atoms with van der Waals surface area (Å²) in [7, 11) is 2.06. The van der Waals surface area contributed by atoms with Crippen molar-refractivity contribution in [2.75, 3.05) is 26.8 Å². The number of rotatable bonds is 6. The van der Waals surface area contributed by atoms with Crippen molar-refractivity contribution < 1.29 is 9.47 Å². The molecule has 104 valence electrons. The molecule has 4 heteroatoms. The van der Waals surface area contributed by atoms with Gasteiger partial charge in [0.1, 0.15) is 11.7 Å². The van der Waals surface area contributed by atoms with Crippen molar-refractivity contribution in [1.29, 1.82) is 0 Å². The minimum absolute atomic E-state index is 0.238. The Hall–Kier alpha value is -0.740. The first kappa shape index (κ1) is 13.7. The van der Waals surface area contributed by atoms with Crippen molar-refractivity contribution in [2.24, 2.45) is 5.73 Å². The summed E-state index contributed by atoms with van der Waals surface area (Å²) in [5.41, 5.74) is 6.92. The normalized spacial score (nSPS) is 29.0. The average Bonchev–Trinajstić information content (AvgIpc) is 2.29. The lowest BCUT2D eigenvalue weighted by Crippen LogP contribution is -2.51. The van der Waals surface area contributed by atoms with E-state index in [1.54, 1.807) is 0 Å². The van der Waals surface area contributed by atoms with Crippen LogP contribution in [0.15, 0.2) is 11.9 Å². The monoisotopic (exact) mass is 254 g/mol. The fourth-order valence-electron chi connectivity index (χ4n) is 2.64. The van der Waals surface area contributed by atoms with Crippen molar-refractivity contribution in [3.05, 3.63) is 11.9 Å². The van der Waals surface area contributed by atoms with Gasteiger partial charge >= 0.3 is 0 Å². The summed E-state index contributed by atoms with van der Waals surface area (Å²) in [6.07, 6.45) is 7.96. The second kappa shape index (κ2) is 5.93. The summed E-state index contributed by atoms with van der Waals surface area (Å²) in [4.78, 5) is 2.15. The second-order valence-electron chi connectivity index (χ2n) is 5.54. The highest BCUT2D eigenvalue weighted by atomic mass is 16.6. The largest absolute Gasteiger partial charge is 0.398 e. The molecule has 18 heavy (non-hydrogen) atoms. The molecule has 0 bridgehead atoms. The van der Waals surface area contributed by atoms with Crippen molar-refractivity contribution in [1.82, 2.24) is 4.90 Å². The molecule has 1 fully saturated rings. The van der Waals surface area contributed by atoms with Crippen LogP contribution in [0.3, 0.4) is 0 Å². The van der Waals surface area contributed by atoms with Gasteiger partial charge in [-0.3, -0.25) is 0 Å². The summed E-state index contributed by atoms with van der Waals surface area (Å²) < 4.78 is 11.5. The molecule has 2 N–H and O–H groups in total. The molecule has 2 rings (SSSR count). The number of hydrogen-bond acceptors (Lipinski definition) is 4. The smallest absolute Gasteiger partial charge is 0.111 e. The standard InChI is InChI=1S/C14H26N2O2/c1-3-4-5-6-14(18-12-10-17-11-12)7-8-16(2)9-13(14)15/h9,12H,3-8,10-11,15H2,1-2H3. The van der Waals surface area contributed by atoms with Crippen LogP contribution in [0.1, 0.15) is 39.0 Å².